The van der Waals surface area contributed by atoms with Crippen molar-refractivity contribution >= 4 is 8.32 Å². The van der Waals surface area contributed by atoms with E-state index < -0.39 is 14.4 Å². The van der Waals surface area contributed by atoms with Gasteiger partial charge in [-0.2, -0.15) is 0 Å². The van der Waals surface area contributed by atoms with E-state index >= 15 is 0 Å². The molecule has 0 aliphatic rings. The lowest BCUT2D eigenvalue weighted by atomic mass is 9.92. The summed E-state index contributed by atoms with van der Waals surface area (Å²) in [5.41, 5.74) is 3.65. The Hall–Kier alpha value is -1.46. The Kier molecular flexibility index (Phi) is 8.65. The Balaban J connectivity index is 2.03. The molecule has 2 aromatic rings. The normalized spacial score (nSPS) is 14.6. The van der Waals surface area contributed by atoms with Crippen LogP contribution in [0.3, 0.4) is 0 Å². The second-order valence-electron chi connectivity index (χ2n) is 9.53. The van der Waals surface area contributed by atoms with Crippen molar-refractivity contribution in [3.63, 3.8) is 0 Å². The van der Waals surface area contributed by atoms with Gasteiger partial charge in [0, 0.05) is 5.92 Å². The molecular formula is C25H38O3Si. The molecule has 29 heavy (non-hydrogen) atoms. The van der Waals surface area contributed by atoms with Crippen molar-refractivity contribution in [3.05, 3.63) is 71.3 Å². The number of hydrogen-bond acceptors (Lipinski definition) is 3. The summed E-state index contributed by atoms with van der Waals surface area (Å²) in [6, 6.07) is 18.5. The van der Waals surface area contributed by atoms with Gasteiger partial charge in [-0.1, -0.05) is 75.4 Å². The molecular weight excluding hydrogens is 376 g/mol. The molecule has 0 radical (unpaired) electrons. The Morgan fingerprint density at radius 2 is 1.55 bits per heavy atom. The summed E-state index contributed by atoms with van der Waals surface area (Å²) in [4.78, 5) is 0. The van der Waals surface area contributed by atoms with E-state index in [9.17, 15) is 5.11 Å². The first kappa shape index (κ1) is 23.8. The minimum atomic E-state index is -1.90. The van der Waals surface area contributed by atoms with E-state index in [0.717, 1.165) is 12.0 Å². The molecule has 0 amide bonds. The zero-order valence-corrected chi connectivity index (χ0v) is 19.9. The standard InChI is InChI=1S/C25H38O3Si/c1-20-12-10-11-15-22(20)16-23(18-27-17-21-13-8-7-9-14-21)24(26)19-28-29(5,6)25(2,3)4/h7-15,23-24,26H,16-19H2,1-6H3/t23-,24+/m1/s1. The van der Waals surface area contributed by atoms with Gasteiger partial charge in [0.05, 0.1) is 25.9 Å². The molecule has 4 heteroatoms. The lowest BCUT2D eigenvalue weighted by Crippen LogP contribution is -2.44. The van der Waals surface area contributed by atoms with Gasteiger partial charge >= 0.3 is 0 Å². The number of ether oxygens (including phenoxy) is 1. The molecule has 1 N–H and O–H groups in total. The van der Waals surface area contributed by atoms with Crippen LogP contribution in [0.1, 0.15) is 37.5 Å². The molecule has 0 aliphatic heterocycles. The van der Waals surface area contributed by atoms with Crippen molar-refractivity contribution in [1.82, 2.24) is 0 Å². The largest absolute Gasteiger partial charge is 0.414 e. The summed E-state index contributed by atoms with van der Waals surface area (Å²) in [7, 11) is -1.90. The van der Waals surface area contributed by atoms with E-state index in [0.29, 0.717) is 19.8 Å². The van der Waals surface area contributed by atoms with Gasteiger partial charge < -0.3 is 14.3 Å². The quantitative estimate of drug-likeness (QED) is 0.503. The number of aryl methyl sites for hydroxylation is 1. The topological polar surface area (TPSA) is 38.7 Å². The van der Waals surface area contributed by atoms with Gasteiger partial charge in [-0.15, -0.1) is 0 Å². The lowest BCUT2D eigenvalue weighted by Gasteiger charge is -2.37. The fourth-order valence-corrected chi connectivity index (χ4v) is 4.00. The van der Waals surface area contributed by atoms with Gasteiger partial charge in [-0.3, -0.25) is 0 Å². The molecule has 2 atom stereocenters. The summed E-state index contributed by atoms with van der Waals surface area (Å²) in [6.07, 6.45) is 0.225. The van der Waals surface area contributed by atoms with Crippen LogP contribution in [-0.4, -0.2) is 32.7 Å². The first-order valence-electron chi connectivity index (χ1n) is 10.6. The molecule has 0 aromatic heterocycles. The minimum Gasteiger partial charge on any atom is -0.414 e. The number of aliphatic hydroxyl groups excluding tert-OH is 1. The average molecular weight is 415 g/mol. The van der Waals surface area contributed by atoms with Gasteiger partial charge in [0.25, 0.3) is 0 Å². The molecule has 0 unspecified atom stereocenters. The van der Waals surface area contributed by atoms with Crippen LogP contribution < -0.4 is 0 Å². The molecule has 0 heterocycles. The number of benzene rings is 2. The maximum Gasteiger partial charge on any atom is 0.192 e. The third-order valence-electron chi connectivity index (χ3n) is 6.15. The number of hydrogen-bond donors (Lipinski definition) is 1. The van der Waals surface area contributed by atoms with E-state index in [-0.39, 0.29) is 11.0 Å². The SMILES string of the molecule is Cc1ccccc1C[C@H](COCc1ccccc1)[C@@H](O)CO[Si](C)(C)C(C)(C)C. The lowest BCUT2D eigenvalue weighted by molar-refractivity contribution is -0.00262. The van der Waals surface area contributed by atoms with Crippen molar-refractivity contribution in [2.24, 2.45) is 5.92 Å². The van der Waals surface area contributed by atoms with Gasteiger partial charge in [0.2, 0.25) is 0 Å². The van der Waals surface area contributed by atoms with E-state index in [1.165, 1.54) is 11.1 Å². The summed E-state index contributed by atoms with van der Waals surface area (Å²) < 4.78 is 12.3. The van der Waals surface area contributed by atoms with Gasteiger partial charge in [0.15, 0.2) is 8.32 Å². The highest BCUT2D eigenvalue weighted by Gasteiger charge is 2.38. The Morgan fingerprint density at radius 1 is 0.931 bits per heavy atom. The Morgan fingerprint density at radius 3 is 2.17 bits per heavy atom. The monoisotopic (exact) mass is 414 g/mol. The zero-order chi connectivity index (χ0) is 21.5. The smallest absolute Gasteiger partial charge is 0.192 e. The predicted molar refractivity (Wildman–Crippen MR) is 124 cm³/mol. The van der Waals surface area contributed by atoms with Crippen LogP contribution in [0.25, 0.3) is 0 Å². The first-order chi connectivity index (χ1) is 13.6. The molecule has 3 nitrogen and oxygen atoms in total. The molecule has 2 aromatic carbocycles. The van der Waals surface area contributed by atoms with Crippen molar-refractivity contribution < 1.29 is 14.3 Å². The van der Waals surface area contributed by atoms with Gasteiger partial charge in [0.1, 0.15) is 0 Å². The maximum atomic E-state index is 11.0. The third kappa shape index (κ3) is 7.38. The van der Waals surface area contributed by atoms with Gasteiger partial charge in [-0.05, 0) is 48.2 Å². The molecule has 2 rings (SSSR count). The van der Waals surface area contributed by atoms with Gasteiger partial charge in [-0.25, -0.2) is 0 Å². The fraction of sp³-hybridized carbons (Fsp3) is 0.520. The highest BCUT2D eigenvalue weighted by atomic mass is 28.4. The van der Waals surface area contributed by atoms with E-state index in [4.69, 9.17) is 9.16 Å². The molecule has 0 aliphatic carbocycles. The minimum absolute atomic E-state index is 0.00965. The summed E-state index contributed by atoms with van der Waals surface area (Å²) in [6.45, 7) is 14.7. The molecule has 0 saturated carbocycles. The van der Waals surface area contributed by atoms with Crippen LogP contribution in [0.4, 0.5) is 0 Å². The van der Waals surface area contributed by atoms with Crippen molar-refractivity contribution in [1.29, 1.82) is 0 Å². The third-order valence-corrected chi connectivity index (χ3v) is 10.7. The molecule has 0 bridgehead atoms. The number of aliphatic hydroxyl groups is 1. The van der Waals surface area contributed by atoms with Crippen LogP contribution in [-0.2, 0) is 22.2 Å². The molecule has 160 valence electrons. The molecule has 0 spiro atoms. The van der Waals surface area contributed by atoms with Crippen LogP contribution in [0.5, 0.6) is 0 Å². The van der Waals surface area contributed by atoms with Crippen molar-refractivity contribution in [3.8, 4) is 0 Å². The summed E-state index contributed by atoms with van der Waals surface area (Å²) >= 11 is 0. The van der Waals surface area contributed by atoms with Crippen LogP contribution in [0, 0.1) is 12.8 Å². The van der Waals surface area contributed by atoms with Crippen LogP contribution in [0.15, 0.2) is 54.6 Å². The fourth-order valence-electron chi connectivity index (χ4n) is 2.98. The van der Waals surface area contributed by atoms with Crippen molar-refractivity contribution in [2.45, 2.75) is 65.0 Å². The van der Waals surface area contributed by atoms with Crippen molar-refractivity contribution in [2.75, 3.05) is 13.2 Å². The second kappa shape index (κ2) is 10.5. The van der Waals surface area contributed by atoms with E-state index in [1.54, 1.807) is 0 Å². The van der Waals surface area contributed by atoms with Crippen LogP contribution in [0.2, 0.25) is 18.1 Å². The summed E-state index contributed by atoms with van der Waals surface area (Å²) in [5, 5.41) is 11.1. The second-order valence-corrected chi connectivity index (χ2v) is 14.3. The predicted octanol–water partition coefficient (Wildman–Crippen LogP) is 5.75. The first-order valence-corrected chi connectivity index (χ1v) is 13.5. The van der Waals surface area contributed by atoms with E-state index in [1.807, 2.05) is 18.2 Å². The van der Waals surface area contributed by atoms with Crippen LogP contribution >= 0.6 is 0 Å². The zero-order valence-electron chi connectivity index (χ0n) is 18.9. The number of rotatable bonds is 10. The summed E-state index contributed by atoms with van der Waals surface area (Å²) in [5.74, 6) is -0.00965. The Bertz CT molecular complexity index is 737. The average Bonchev–Trinajstić information content (AvgIpc) is 2.67. The molecule has 0 saturated heterocycles. The highest BCUT2D eigenvalue weighted by molar-refractivity contribution is 6.74. The Labute approximate surface area is 178 Å². The molecule has 0 fully saturated rings. The van der Waals surface area contributed by atoms with E-state index in [2.05, 4.69) is 77.2 Å². The maximum absolute atomic E-state index is 11.0. The highest BCUT2D eigenvalue weighted by Crippen LogP contribution is 2.36.